The van der Waals surface area contributed by atoms with Crippen molar-refractivity contribution in [3.05, 3.63) is 122 Å². The number of hydrogen-bond acceptors (Lipinski definition) is 6. The van der Waals surface area contributed by atoms with Gasteiger partial charge in [0.15, 0.2) is 6.10 Å². The Labute approximate surface area is 424 Å². The Morgan fingerprint density at radius 2 is 0.565 bits per heavy atom. The van der Waals surface area contributed by atoms with Crippen molar-refractivity contribution in [1.82, 2.24) is 0 Å². The molecule has 0 saturated carbocycles. The Hall–Kier alpha value is -4.19. The molecule has 0 rings (SSSR count). The summed E-state index contributed by atoms with van der Waals surface area (Å²) in [4.78, 5) is 38.2. The maximum absolute atomic E-state index is 12.8. The minimum Gasteiger partial charge on any atom is -0.462 e. The van der Waals surface area contributed by atoms with Gasteiger partial charge in [-0.1, -0.05) is 213 Å². The Balaban J connectivity index is 4.51. The second-order valence-electron chi connectivity index (χ2n) is 18.1. The van der Waals surface area contributed by atoms with Crippen molar-refractivity contribution >= 4 is 17.9 Å². The van der Waals surface area contributed by atoms with Crippen molar-refractivity contribution in [3.8, 4) is 0 Å². The van der Waals surface area contributed by atoms with Gasteiger partial charge in [0, 0.05) is 19.3 Å². The minimum atomic E-state index is -0.809. The van der Waals surface area contributed by atoms with Gasteiger partial charge in [0.25, 0.3) is 0 Å². The topological polar surface area (TPSA) is 78.9 Å². The molecule has 69 heavy (non-hydrogen) atoms. The molecule has 0 bridgehead atoms. The molecule has 0 aromatic carbocycles. The van der Waals surface area contributed by atoms with Crippen LogP contribution in [0.15, 0.2) is 122 Å². The van der Waals surface area contributed by atoms with Crippen LogP contribution in [0.1, 0.15) is 239 Å². The number of allylic oxidation sites excluding steroid dienone is 20. The van der Waals surface area contributed by atoms with Gasteiger partial charge in [0.05, 0.1) is 0 Å². The third-order valence-corrected chi connectivity index (χ3v) is 11.4. The maximum Gasteiger partial charge on any atom is 0.306 e. The van der Waals surface area contributed by atoms with E-state index >= 15 is 0 Å². The lowest BCUT2D eigenvalue weighted by molar-refractivity contribution is -0.167. The lowest BCUT2D eigenvalue weighted by atomic mass is 10.1. The van der Waals surface area contributed by atoms with E-state index in [2.05, 4.69) is 142 Å². The summed E-state index contributed by atoms with van der Waals surface area (Å²) in [5.74, 6) is -0.962. The quantitative estimate of drug-likeness (QED) is 0.0262. The first-order chi connectivity index (χ1) is 34.0. The number of carbonyl (C=O) groups excluding carboxylic acids is 3. The number of rotatable bonds is 49. The zero-order valence-electron chi connectivity index (χ0n) is 44.5. The van der Waals surface area contributed by atoms with Crippen LogP contribution in [0.2, 0.25) is 0 Å². The zero-order valence-corrected chi connectivity index (χ0v) is 44.5. The summed E-state index contributed by atoms with van der Waals surface area (Å²) in [5, 5.41) is 0. The normalized spacial score (nSPS) is 13.0. The lowest BCUT2D eigenvalue weighted by Gasteiger charge is -2.18. The molecule has 0 aromatic heterocycles. The van der Waals surface area contributed by atoms with E-state index in [0.29, 0.717) is 12.8 Å². The molecular weight excluding hydrogens is 853 g/mol. The molecule has 0 N–H and O–H groups in total. The molecule has 6 heteroatoms. The van der Waals surface area contributed by atoms with Crippen LogP contribution >= 0.6 is 0 Å². The Bertz CT molecular complexity index is 1470. The first-order valence-electron chi connectivity index (χ1n) is 28.0. The summed E-state index contributed by atoms with van der Waals surface area (Å²) in [7, 11) is 0. The molecular formula is C63H102O6. The fourth-order valence-electron chi connectivity index (χ4n) is 7.28. The van der Waals surface area contributed by atoms with Gasteiger partial charge in [0.1, 0.15) is 13.2 Å². The summed E-state index contributed by atoms with van der Waals surface area (Å²) < 4.78 is 16.8. The molecule has 0 spiro atoms. The molecule has 0 aliphatic rings. The van der Waals surface area contributed by atoms with E-state index in [4.69, 9.17) is 14.2 Å². The number of carbonyl (C=O) groups is 3. The largest absolute Gasteiger partial charge is 0.462 e. The van der Waals surface area contributed by atoms with E-state index in [1.165, 1.54) is 51.4 Å². The van der Waals surface area contributed by atoms with Crippen molar-refractivity contribution in [1.29, 1.82) is 0 Å². The SMILES string of the molecule is CC/C=C\C/C=C\C/C=C\C/C=C\CCCCCCC(=O)OCC(COC(=O)CCCCCCCCC/C=C\C/C=C\CCCCC)OC(=O)CCCCCC/C=C\C/C=C\C/C=C\C/C=C\CC. The van der Waals surface area contributed by atoms with Gasteiger partial charge in [-0.3, -0.25) is 14.4 Å². The first kappa shape index (κ1) is 64.8. The van der Waals surface area contributed by atoms with Crippen molar-refractivity contribution in [2.24, 2.45) is 0 Å². The monoisotopic (exact) mass is 955 g/mol. The molecule has 0 radical (unpaired) electrons. The summed E-state index contributed by atoms with van der Waals surface area (Å²) in [6.07, 6.45) is 77.5. The van der Waals surface area contributed by atoms with Gasteiger partial charge in [-0.25, -0.2) is 0 Å². The minimum absolute atomic E-state index is 0.103. The molecule has 0 aromatic rings. The van der Waals surface area contributed by atoms with E-state index < -0.39 is 6.10 Å². The van der Waals surface area contributed by atoms with Crippen molar-refractivity contribution in [3.63, 3.8) is 0 Å². The molecule has 0 heterocycles. The maximum atomic E-state index is 12.8. The Morgan fingerprint density at radius 3 is 0.884 bits per heavy atom. The van der Waals surface area contributed by atoms with Gasteiger partial charge in [-0.05, 0) is 128 Å². The zero-order chi connectivity index (χ0) is 50.0. The van der Waals surface area contributed by atoms with Crippen molar-refractivity contribution in [2.75, 3.05) is 13.2 Å². The van der Waals surface area contributed by atoms with E-state index in [1.807, 2.05) is 0 Å². The highest BCUT2D eigenvalue weighted by Crippen LogP contribution is 2.13. The van der Waals surface area contributed by atoms with Crippen LogP contribution in [0, 0.1) is 0 Å². The van der Waals surface area contributed by atoms with Crippen LogP contribution < -0.4 is 0 Å². The molecule has 6 nitrogen and oxygen atoms in total. The predicted molar refractivity (Wildman–Crippen MR) is 297 cm³/mol. The summed E-state index contributed by atoms with van der Waals surface area (Å²) in [6.45, 7) is 6.33. The molecule has 390 valence electrons. The molecule has 0 aliphatic heterocycles. The van der Waals surface area contributed by atoms with Gasteiger partial charge >= 0.3 is 17.9 Å². The van der Waals surface area contributed by atoms with Crippen molar-refractivity contribution < 1.29 is 28.6 Å². The van der Waals surface area contributed by atoms with Crippen LogP contribution in [0.3, 0.4) is 0 Å². The molecule has 0 saturated heterocycles. The Kier molecular flexibility index (Phi) is 53.0. The average molecular weight is 956 g/mol. The molecule has 0 aliphatic carbocycles. The predicted octanol–water partition coefficient (Wildman–Crippen LogP) is 18.9. The van der Waals surface area contributed by atoms with E-state index in [9.17, 15) is 14.4 Å². The van der Waals surface area contributed by atoms with Crippen LogP contribution in [0.5, 0.6) is 0 Å². The van der Waals surface area contributed by atoms with Crippen LogP contribution in [-0.2, 0) is 28.6 Å². The van der Waals surface area contributed by atoms with Gasteiger partial charge in [-0.15, -0.1) is 0 Å². The van der Waals surface area contributed by atoms with E-state index in [0.717, 1.165) is 148 Å². The fraction of sp³-hybridized carbons (Fsp3) is 0.635. The number of unbranched alkanes of at least 4 members (excludes halogenated alkanes) is 18. The van der Waals surface area contributed by atoms with E-state index in [-0.39, 0.29) is 37.5 Å². The van der Waals surface area contributed by atoms with Crippen LogP contribution in [0.25, 0.3) is 0 Å². The van der Waals surface area contributed by atoms with Crippen LogP contribution in [0.4, 0.5) is 0 Å². The summed E-state index contributed by atoms with van der Waals surface area (Å²) in [6, 6.07) is 0. The fourth-order valence-corrected chi connectivity index (χ4v) is 7.28. The molecule has 1 atom stereocenters. The highest BCUT2D eigenvalue weighted by Gasteiger charge is 2.19. The molecule has 0 amide bonds. The second-order valence-corrected chi connectivity index (χ2v) is 18.1. The average Bonchev–Trinajstić information content (AvgIpc) is 3.35. The highest BCUT2D eigenvalue weighted by atomic mass is 16.6. The smallest absolute Gasteiger partial charge is 0.306 e. The Morgan fingerprint density at radius 1 is 0.304 bits per heavy atom. The molecule has 0 fully saturated rings. The summed E-state index contributed by atoms with van der Waals surface area (Å²) in [5.41, 5.74) is 0. The highest BCUT2D eigenvalue weighted by molar-refractivity contribution is 5.71. The first-order valence-corrected chi connectivity index (χ1v) is 28.0. The van der Waals surface area contributed by atoms with E-state index in [1.54, 1.807) is 0 Å². The third-order valence-electron chi connectivity index (χ3n) is 11.4. The van der Waals surface area contributed by atoms with Gasteiger partial charge in [-0.2, -0.15) is 0 Å². The van der Waals surface area contributed by atoms with Gasteiger partial charge < -0.3 is 14.2 Å². The lowest BCUT2D eigenvalue weighted by Crippen LogP contribution is -2.30. The third kappa shape index (κ3) is 54.6. The second kappa shape index (κ2) is 56.4. The number of esters is 3. The number of ether oxygens (including phenoxy) is 3. The van der Waals surface area contributed by atoms with Crippen LogP contribution in [-0.4, -0.2) is 37.2 Å². The number of hydrogen-bond donors (Lipinski definition) is 0. The molecule has 1 unspecified atom stereocenters. The summed E-state index contributed by atoms with van der Waals surface area (Å²) >= 11 is 0. The van der Waals surface area contributed by atoms with Gasteiger partial charge in [0.2, 0.25) is 0 Å². The van der Waals surface area contributed by atoms with Crippen molar-refractivity contribution in [2.45, 2.75) is 245 Å². The standard InChI is InChI=1S/C63H102O6/c1-4-7-10-13-16-19-22-25-28-31-34-37-40-43-46-49-52-55-61(64)67-58-60(69-63(66)57-54-51-48-45-42-39-36-33-30-27-24-21-18-15-12-9-6-3)59-68-62(65)56-53-50-47-44-41-38-35-32-29-26-23-20-17-14-11-8-5-2/h7,9-10,12,16-21,25-30,34,36-37,39,60H,4-6,8,11,13-15,22-24,31-33,35,38,40-59H2,1-3H3/b10-7-,12-9-,19-16-,20-17-,21-18-,28-25-,29-26-,30-27-,37-34-,39-36-.